The fourth-order valence-electron chi connectivity index (χ4n) is 1.74. The van der Waals surface area contributed by atoms with Crippen LogP contribution in [0, 0.1) is 5.92 Å². The first kappa shape index (κ1) is 17.7. The zero-order valence-electron chi connectivity index (χ0n) is 12.5. The largest absolute Gasteiger partial charge is 0.480 e. The number of carboxylic acids is 1. The molecule has 0 rings (SSSR count). The van der Waals surface area contributed by atoms with Crippen LogP contribution in [0.15, 0.2) is 0 Å². The summed E-state index contributed by atoms with van der Waals surface area (Å²) in [5.41, 5.74) is 0. The lowest BCUT2D eigenvalue weighted by atomic mass is 10.0. The molecule has 0 heterocycles. The quantitative estimate of drug-likeness (QED) is 0.604. The van der Waals surface area contributed by atoms with Crippen molar-refractivity contribution in [1.29, 1.82) is 0 Å². The topological polar surface area (TPSA) is 78.4 Å². The predicted octanol–water partition coefficient (Wildman–Crippen LogP) is 2.75. The van der Waals surface area contributed by atoms with Gasteiger partial charge in [0.2, 0.25) is 0 Å². The van der Waals surface area contributed by atoms with E-state index in [4.69, 9.17) is 5.11 Å². The van der Waals surface area contributed by atoms with E-state index in [9.17, 15) is 9.59 Å². The van der Waals surface area contributed by atoms with Crippen molar-refractivity contribution in [2.24, 2.45) is 5.92 Å². The summed E-state index contributed by atoms with van der Waals surface area (Å²) < 4.78 is 0. The van der Waals surface area contributed by atoms with Crippen LogP contribution < -0.4 is 10.6 Å². The van der Waals surface area contributed by atoms with Crippen LogP contribution in [0.4, 0.5) is 4.79 Å². The Morgan fingerprint density at radius 1 is 1.05 bits per heavy atom. The molecule has 0 saturated carbocycles. The van der Waals surface area contributed by atoms with Gasteiger partial charge >= 0.3 is 12.0 Å². The molecule has 5 nitrogen and oxygen atoms in total. The van der Waals surface area contributed by atoms with Crippen LogP contribution in [0.25, 0.3) is 0 Å². The molecule has 0 aromatic heterocycles. The molecule has 2 amide bonds. The smallest absolute Gasteiger partial charge is 0.326 e. The van der Waals surface area contributed by atoms with E-state index in [0.717, 1.165) is 25.7 Å². The van der Waals surface area contributed by atoms with Crippen molar-refractivity contribution in [3.63, 3.8) is 0 Å². The molecule has 0 bridgehead atoms. The minimum Gasteiger partial charge on any atom is -0.480 e. The van der Waals surface area contributed by atoms with Crippen LogP contribution in [-0.2, 0) is 4.79 Å². The molecule has 112 valence electrons. The molecule has 0 saturated heterocycles. The van der Waals surface area contributed by atoms with E-state index in [1.807, 2.05) is 13.8 Å². The molecule has 0 aromatic rings. The summed E-state index contributed by atoms with van der Waals surface area (Å²) in [6, 6.07) is -1.12. The number of unbranched alkanes of at least 4 members (excludes halogenated alkanes) is 1. The van der Waals surface area contributed by atoms with Crippen molar-refractivity contribution in [3.05, 3.63) is 0 Å². The Labute approximate surface area is 116 Å². The van der Waals surface area contributed by atoms with Gasteiger partial charge in [-0.15, -0.1) is 0 Å². The van der Waals surface area contributed by atoms with Crippen molar-refractivity contribution in [1.82, 2.24) is 10.6 Å². The molecular weight excluding hydrogens is 244 g/mol. The van der Waals surface area contributed by atoms with Crippen LogP contribution in [0.2, 0.25) is 0 Å². The number of carbonyl (C=O) groups excluding carboxylic acids is 1. The number of hydrogen-bond acceptors (Lipinski definition) is 2. The van der Waals surface area contributed by atoms with E-state index in [0.29, 0.717) is 12.3 Å². The Morgan fingerprint density at radius 2 is 1.68 bits per heavy atom. The van der Waals surface area contributed by atoms with Crippen molar-refractivity contribution < 1.29 is 14.7 Å². The molecule has 0 aliphatic heterocycles. The number of nitrogens with one attached hydrogen (secondary N) is 2. The van der Waals surface area contributed by atoms with Gasteiger partial charge in [0, 0.05) is 6.04 Å². The fraction of sp³-hybridized carbons (Fsp3) is 0.857. The minimum absolute atomic E-state index is 0.0584. The van der Waals surface area contributed by atoms with Gasteiger partial charge in [-0.2, -0.15) is 0 Å². The zero-order valence-corrected chi connectivity index (χ0v) is 12.5. The number of amides is 2. The van der Waals surface area contributed by atoms with E-state index < -0.39 is 12.0 Å². The minimum atomic E-state index is -0.974. The van der Waals surface area contributed by atoms with Crippen LogP contribution in [0.1, 0.15) is 59.8 Å². The second-order valence-corrected chi connectivity index (χ2v) is 5.52. The zero-order chi connectivity index (χ0) is 14.8. The number of aliphatic carboxylic acids is 1. The lowest BCUT2D eigenvalue weighted by molar-refractivity contribution is -0.139. The lowest BCUT2D eigenvalue weighted by Crippen LogP contribution is -2.48. The number of hydrogen-bond donors (Lipinski definition) is 3. The maximum Gasteiger partial charge on any atom is 0.326 e. The lowest BCUT2D eigenvalue weighted by Gasteiger charge is -2.18. The Kier molecular flexibility index (Phi) is 9.00. The average molecular weight is 272 g/mol. The summed E-state index contributed by atoms with van der Waals surface area (Å²) in [5, 5.41) is 14.3. The third kappa shape index (κ3) is 9.33. The Hall–Kier alpha value is -1.26. The van der Waals surface area contributed by atoms with Crippen molar-refractivity contribution in [3.8, 4) is 0 Å². The van der Waals surface area contributed by atoms with Gasteiger partial charge in [0.1, 0.15) is 6.04 Å². The standard InChI is InChI=1S/C14H28N2O3/c1-5-6-7-12(13(17)18)16-14(19)15-11(4)9-8-10(2)3/h10-12H,5-9H2,1-4H3,(H,17,18)(H2,15,16,19). The highest BCUT2D eigenvalue weighted by Gasteiger charge is 2.19. The number of rotatable bonds is 9. The van der Waals surface area contributed by atoms with Crippen molar-refractivity contribution in [2.75, 3.05) is 0 Å². The Balaban J connectivity index is 4.07. The van der Waals surface area contributed by atoms with Gasteiger partial charge in [0.25, 0.3) is 0 Å². The molecule has 0 fully saturated rings. The Morgan fingerprint density at radius 3 is 2.16 bits per heavy atom. The van der Waals surface area contributed by atoms with Gasteiger partial charge in [-0.1, -0.05) is 33.6 Å². The van der Waals surface area contributed by atoms with Gasteiger partial charge in [0.05, 0.1) is 0 Å². The van der Waals surface area contributed by atoms with Crippen molar-refractivity contribution >= 4 is 12.0 Å². The van der Waals surface area contributed by atoms with E-state index in [1.54, 1.807) is 0 Å². The van der Waals surface area contributed by atoms with E-state index >= 15 is 0 Å². The average Bonchev–Trinajstić information content (AvgIpc) is 2.31. The van der Waals surface area contributed by atoms with Gasteiger partial charge < -0.3 is 15.7 Å². The van der Waals surface area contributed by atoms with Crippen molar-refractivity contribution in [2.45, 2.75) is 71.9 Å². The molecule has 0 aliphatic rings. The summed E-state index contributed by atoms with van der Waals surface area (Å²) in [6.45, 7) is 8.20. The second-order valence-electron chi connectivity index (χ2n) is 5.52. The number of urea groups is 1. The summed E-state index contributed by atoms with van der Waals surface area (Å²) >= 11 is 0. The maximum absolute atomic E-state index is 11.7. The third-order valence-electron chi connectivity index (χ3n) is 3.00. The van der Waals surface area contributed by atoms with Crippen LogP contribution in [0.5, 0.6) is 0 Å². The molecule has 0 aliphatic carbocycles. The summed E-state index contributed by atoms with van der Waals surface area (Å²) in [4.78, 5) is 22.7. The summed E-state index contributed by atoms with van der Waals surface area (Å²) in [7, 11) is 0. The highest BCUT2D eigenvalue weighted by molar-refractivity contribution is 5.82. The summed E-state index contributed by atoms with van der Waals surface area (Å²) in [5.74, 6) is -0.373. The van der Waals surface area contributed by atoms with Crippen LogP contribution >= 0.6 is 0 Å². The normalized spacial score (nSPS) is 13.9. The number of carboxylic acid groups (broad SMARTS) is 1. The second kappa shape index (κ2) is 9.64. The molecule has 19 heavy (non-hydrogen) atoms. The van der Waals surface area contributed by atoms with E-state index in [2.05, 4.69) is 24.5 Å². The van der Waals surface area contributed by atoms with Gasteiger partial charge in [0.15, 0.2) is 0 Å². The molecule has 0 spiro atoms. The molecule has 2 atom stereocenters. The molecule has 2 unspecified atom stereocenters. The molecule has 5 heteroatoms. The molecule has 0 aromatic carbocycles. The first-order chi connectivity index (χ1) is 8.86. The predicted molar refractivity (Wildman–Crippen MR) is 76.2 cm³/mol. The van der Waals surface area contributed by atoms with Gasteiger partial charge in [-0.3, -0.25) is 0 Å². The van der Waals surface area contributed by atoms with E-state index in [-0.39, 0.29) is 12.1 Å². The first-order valence-corrected chi connectivity index (χ1v) is 7.16. The highest BCUT2D eigenvalue weighted by Crippen LogP contribution is 2.06. The SMILES string of the molecule is CCCCC(NC(=O)NC(C)CCC(C)C)C(=O)O. The van der Waals surface area contributed by atoms with Gasteiger partial charge in [-0.05, 0) is 32.1 Å². The Bertz CT molecular complexity index is 280. The molecule has 3 N–H and O–H groups in total. The van der Waals surface area contributed by atoms with Gasteiger partial charge in [-0.25, -0.2) is 9.59 Å². The monoisotopic (exact) mass is 272 g/mol. The first-order valence-electron chi connectivity index (χ1n) is 7.16. The third-order valence-corrected chi connectivity index (χ3v) is 3.00. The van der Waals surface area contributed by atoms with Crippen LogP contribution in [-0.4, -0.2) is 29.2 Å². The fourth-order valence-corrected chi connectivity index (χ4v) is 1.74. The number of carbonyl (C=O) groups is 2. The summed E-state index contributed by atoms with van der Waals surface area (Å²) in [6.07, 6.45) is 4.12. The highest BCUT2D eigenvalue weighted by atomic mass is 16.4. The van der Waals surface area contributed by atoms with Crippen LogP contribution in [0.3, 0.4) is 0 Å². The maximum atomic E-state index is 11.7. The van der Waals surface area contributed by atoms with E-state index in [1.165, 1.54) is 0 Å². The molecular formula is C14H28N2O3. The molecule has 0 radical (unpaired) electrons.